The smallest absolute Gasteiger partial charge is 0.262 e. The summed E-state index contributed by atoms with van der Waals surface area (Å²) in [5.74, 6) is -0.193. The average Bonchev–Trinajstić information content (AvgIpc) is 2.44. The summed E-state index contributed by atoms with van der Waals surface area (Å²) in [6.45, 7) is 3.83. The first-order chi connectivity index (χ1) is 10.4. The summed E-state index contributed by atoms with van der Waals surface area (Å²) >= 11 is 0. The summed E-state index contributed by atoms with van der Waals surface area (Å²) in [6, 6.07) is 12.2. The van der Waals surface area contributed by atoms with Crippen LogP contribution in [0.5, 0.6) is 5.75 Å². The van der Waals surface area contributed by atoms with Crippen LogP contribution in [-0.2, 0) is 4.79 Å². The molecule has 0 aromatic heterocycles. The Bertz CT molecular complexity index is 691. The third kappa shape index (κ3) is 4.34. The molecule has 2 aromatic carbocycles. The third-order valence-corrected chi connectivity index (χ3v) is 3.00. The molecular formula is C17H18N2O3. The fourth-order valence-corrected chi connectivity index (χ4v) is 2.11. The first-order valence-corrected chi connectivity index (χ1v) is 6.85. The Kier molecular flexibility index (Phi) is 4.78. The van der Waals surface area contributed by atoms with Gasteiger partial charge >= 0.3 is 0 Å². The lowest BCUT2D eigenvalue weighted by Gasteiger charge is -2.09. The minimum Gasteiger partial charge on any atom is -0.484 e. The molecule has 0 aliphatic rings. The van der Waals surface area contributed by atoms with E-state index in [9.17, 15) is 9.59 Å². The number of primary amides is 1. The van der Waals surface area contributed by atoms with E-state index in [1.807, 2.05) is 32.0 Å². The Morgan fingerprint density at radius 1 is 1.09 bits per heavy atom. The quantitative estimate of drug-likeness (QED) is 0.889. The van der Waals surface area contributed by atoms with E-state index >= 15 is 0 Å². The van der Waals surface area contributed by atoms with Gasteiger partial charge in [0, 0.05) is 11.3 Å². The number of benzene rings is 2. The van der Waals surface area contributed by atoms with Crippen molar-refractivity contribution in [3.05, 3.63) is 59.2 Å². The lowest BCUT2D eigenvalue weighted by Crippen LogP contribution is -2.20. The minimum absolute atomic E-state index is 0.107. The number of carbonyl (C=O) groups is 2. The monoisotopic (exact) mass is 298 g/mol. The molecule has 0 bridgehead atoms. The Labute approximate surface area is 129 Å². The number of nitrogens with two attached hydrogens (primary N) is 1. The van der Waals surface area contributed by atoms with Gasteiger partial charge in [0.2, 0.25) is 5.91 Å². The molecule has 0 aliphatic carbocycles. The average molecular weight is 298 g/mol. The topological polar surface area (TPSA) is 81.4 Å². The first kappa shape index (κ1) is 15.6. The summed E-state index contributed by atoms with van der Waals surface area (Å²) in [5.41, 5.74) is 8.19. The number of ether oxygens (including phenoxy) is 1. The summed E-state index contributed by atoms with van der Waals surface area (Å²) in [5, 5.41) is 2.66. The van der Waals surface area contributed by atoms with E-state index < -0.39 is 5.91 Å². The molecule has 0 aliphatic heterocycles. The summed E-state index contributed by atoms with van der Waals surface area (Å²) in [6.07, 6.45) is 0. The molecule has 0 spiro atoms. The standard InChI is InChI=1S/C17H18N2O3/c1-11-6-12(2)8-15(7-11)22-10-16(20)19-14-5-3-4-13(9-14)17(18)21/h3-9H,10H2,1-2H3,(H2,18,21)(H,19,20). The van der Waals surface area contributed by atoms with Gasteiger partial charge in [0.1, 0.15) is 5.75 Å². The second-order valence-electron chi connectivity index (χ2n) is 5.11. The number of carbonyl (C=O) groups excluding carboxylic acids is 2. The molecule has 5 nitrogen and oxygen atoms in total. The summed E-state index contributed by atoms with van der Waals surface area (Å²) in [4.78, 5) is 23.0. The van der Waals surface area contributed by atoms with Crippen molar-refractivity contribution in [3.63, 3.8) is 0 Å². The molecule has 0 saturated carbocycles. The highest BCUT2D eigenvalue weighted by molar-refractivity contribution is 5.96. The zero-order chi connectivity index (χ0) is 16.1. The van der Waals surface area contributed by atoms with E-state index in [2.05, 4.69) is 5.32 Å². The van der Waals surface area contributed by atoms with E-state index in [1.54, 1.807) is 18.2 Å². The van der Waals surface area contributed by atoms with Gasteiger partial charge in [-0.05, 0) is 55.3 Å². The normalized spacial score (nSPS) is 10.1. The van der Waals surface area contributed by atoms with Crippen LogP contribution in [0.15, 0.2) is 42.5 Å². The van der Waals surface area contributed by atoms with Gasteiger partial charge in [-0.2, -0.15) is 0 Å². The maximum atomic E-state index is 11.9. The SMILES string of the molecule is Cc1cc(C)cc(OCC(=O)Nc2cccc(C(N)=O)c2)c1. The van der Waals surface area contributed by atoms with Gasteiger partial charge in [0.25, 0.3) is 5.91 Å². The van der Waals surface area contributed by atoms with E-state index in [0.717, 1.165) is 11.1 Å². The molecule has 0 atom stereocenters. The second-order valence-corrected chi connectivity index (χ2v) is 5.11. The second kappa shape index (κ2) is 6.76. The van der Waals surface area contributed by atoms with Gasteiger partial charge in [0.05, 0.1) is 0 Å². The fourth-order valence-electron chi connectivity index (χ4n) is 2.11. The molecule has 22 heavy (non-hydrogen) atoms. The van der Waals surface area contributed by atoms with Crippen LogP contribution in [0, 0.1) is 13.8 Å². The molecule has 0 saturated heterocycles. The van der Waals surface area contributed by atoms with Crippen molar-refractivity contribution in [2.75, 3.05) is 11.9 Å². The molecule has 114 valence electrons. The Hall–Kier alpha value is -2.82. The number of hydrogen-bond donors (Lipinski definition) is 2. The predicted molar refractivity (Wildman–Crippen MR) is 85.0 cm³/mol. The highest BCUT2D eigenvalue weighted by Crippen LogP contribution is 2.16. The van der Waals surface area contributed by atoms with Crippen LogP contribution in [0.4, 0.5) is 5.69 Å². The van der Waals surface area contributed by atoms with Crippen molar-refractivity contribution in [2.24, 2.45) is 5.73 Å². The Morgan fingerprint density at radius 2 is 1.77 bits per heavy atom. The number of amides is 2. The lowest BCUT2D eigenvalue weighted by molar-refractivity contribution is -0.118. The van der Waals surface area contributed by atoms with Crippen LogP contribution in [0.3, 0.4) is 0 Å². The van der Waals surface area contributed by atoms with Crippen LogP contribution in [0.2, 0.25) is 0 Å². The van der Waals surface area contributed by atoms with Crippen molar-refractivity contribution in [3.8, 4) is 5.75 Å². The lowest BCUT2D eigenvalue weighted by atomic mass is 10.1. The molecule has 3 N–H and O–H groups in total. The highest BCUT2D eigenvalue weighted by Gasteiger charge is 2.06. The van der Waals surface area contributed by atoms with Gasteiger partial charge in [0.15, 0.2) is 6.61 Å². The van der Waals surface area contributed by atoms with Crippen LogP contribution in [0.1, 0.15) is 21.5 Å². The van der Waals surface area contributed by atoms with Crippen LogP contribution >= 0.6 is 0 Å². The number of rotatable bonds is 5. The van der Waals surface area contributed by atoms with Crippen molar-refractivity contribution in [1.82, 2.24) is 0 Å². The van der Waals surface area contributed by atoms with Crippen molar-refractivity contribution >= 4 is 17.5 Å². The van der Waals surface area contributed by atoms with E-state index in [1.165, 1.54) is 6.07 Å². The summed E-state index contributed by atoms with van der Waals surface area (Å²) < 4.78 is 5.48. The molecule has 2 aromatic rings. The molecule has 0 heterocycles. The van der Waals surface area contributed by atoms with Crippen LogP contribution in [-0.4, -0.2) is 18.4 Å². The molecule has 2 rings (SSSR count). The zero-order valence-electron chi connectivity index (χ0n) is 12.6. The van der Waals surface area contributed by atoms with Gasteiger partial charge < -0.3 is 15.8 Å². The fraction of sp³-hybridized carbons (Fsp3) is 0.176. The maximum Gasteiger partial charge on any atom is 0.262 e. The van der Waals surface area contributed by atoms with Crippen LogP contribution < -0.4 is 15.8 Å². The van der Waals surface area contributed by atoms with Gasteiger partial charge in [-0.15, -0.1) is 0 Å². The third-order valence-electron chi connectivity index (χ3n) is 3.00. The molecule has 0 radical (unpaired) electrons. The minimum atomic E-state index is -0.539. The number of hydrogen-bond acceptors (Lipinski definition) is 3. The van der Waals surface area contributed by atoms with Crippen molar-refractivity contribution in [2.45, 2.75) is 13.8 Å². The van der Waals surface area contributed by atoms with Crippen molar-refractivity contribution in [1.29, 1.82) is 0 Å². The highest BCUT2D eigenvalue weighted by atomic mass is 16.5. The largest absolute Gasteiger partial charge is 0.484 e. The Balaban J connectivity index is 1.95. The molecule has 5 heteroatoms. The maximum absolute atomic E-state index is 11.9. The van der Waals surface area contributed by atoms with Gasteiger partial charge in [-0.1, -0.05) is 12.1 Å². The predicted octanol–water partition coefficient (Wildman–Crippen LogP) is 2.42. The van der Waals surface area contributed by atoms with E-state index in [-0.39, 0.29) is 12.5 Å². The van der Waals surface area contributed by atoms with Gasteiger partial charge in [-0.3, -0.25) is 9.59 Å². The van der Waals surface area contributed by atoms with E-state index in [0.29, 0.717) is 17.0 Å². The van der Waals surface area contributed by atoms with Crippen molar-refractivity contribution < 1.29 is 14.3 Å². The van der Waals surface area contributed by atoms with E-state index in [4.69, 9.17) is 10.5 Å². The number of nitrogens with one attached hydrogen (secondary N) is 1. The number of anilines is 1. The number of aryl methyl sites for hydroxylation is 2. The first-order valence-electron chi connectivity index (χ1n) is 6.85. The molecule has 2 amide bonds. The summed E-state index contributed by atoms with van der Waals surface area (Å²) in [7, 11) is 0. The molecular weight excluding hydrogens is 280 g/mol. The van der Waals surface area contributed by atoms with Crippen LogP contribution in [0.25, 0.3) is 0 Å². The molecule has 0 fully saturated rings. The molecule has 0 unspecified atom stereocenters. The van der Waals surface area contributed by atoms with Gasteiger partial charge in [-0.25, -0.2) is 0 Å². The Morgan fingerprint density at radius 3 is 2.41 bits per heavy atom. The zero-order valence-corrected chi connectivity index (χ0v) is 12.6.